The van der Waals surface area contributed by atoms with E-state index >= 15 is 0 Å². The second-order valence-electron chi connectivity index (χ2n) is 4.78. The molecule has 1 N–H and O–H groups in total. The number of hydrogen-bond acceptors (Lipinski definition) is 2. The van der Waals surface area contributed by atoms with Crippen molar-refractivity contribution in [1.82, 2.24) is 4.90 Å². The van der Waals surface area contributed by atoms with Crippen molar-refractivity contribution in [3.8, 4) is 11.8 Å². The zero-order valence-corrected chi connectivity index (χ0v) is 10.8. The Morgan fingerprint density at radius 1 is 1.53 bits per heavy atom. The van der Waals surface area contributed by atoms with Gasteiger partial charge in [-0.15, -0.1) is 0 Å². The maximum Gasteiger partial charge on any atom is 0.254 e. The number of amides is 1. The summed E-state index contributed by atoms with van der Waals surface area (Å²) in [7, 11) is 1.72. The molecule has 0 aliphatic heterocycles. The molecule has 4 heteroatoms. The van der Waals surface area contributed by atoms with E-state index in [0.29, 0.717) is 18.0 Å². The molecular weight excluding hydrogens is 245 g/mol. The van der Waals surface area contributed by atoms with Crippen molar-refractivity contribution in [1.29, 1.82) is 0 Å². The summed E-state index contributed by atoms with van der Waals surface area (Å²) in [6.45, 7) is 0.408. The van der Waals surface area contributed by atoms with E-state index in [4.69, 9.17) is 5.11 Å². The van der Waals surface area contributed by atoms with Crippen LogP contribution < -0.4 is 0 Å². The van der Waals surface area contributed by atoms with E-state index in [2.05, 4.69) is 11.8 Å². The molecule has 0 saturated heterocycles. The smallest absolute Gasteiger partial charge is 0.254 e. The zero-order chi connectivity index (χ0) is 13.8. The lowest BCUT2D eigenvalue weighted by Crippen LogP contribution is -2.29. The first-order chi connectivity index (χ1) is 9.11. The summed E-state index contributed by atoms with van der Waals surface area (Å²) in [6, 6.07) is 3.93. The van der Waals surface area contributed by atoms with Crippen molar-refractivity contribution in [2.45, 2.75) is 12.8 Å². The van der Waals surface area contributed by atoms with Crippen LogP contribution in [-0.4, -0.2) is 36.1 Å². The van der Waals surface area contributed by atoms with Crippen LogP contribution in [0.2, 0.25) is 0 Å². The van der Waals surface area contributed by atoms with Gasteiger partial charge in [-0.25, -0.2) is 4.39 Å². The predicted octanol–water partition coefficient (Wildman–Crippen LogP) is 1.65. The van der Waals surface area contributed by atoms with Crippen LogP contribution in [0.3, 0.4) is 0 Å². The van der Waals surface area contributed by atoms with Crippen LogP contribution in [0, 0.1) is 23.6 Å². The lowest BCUT2D eigenvalue weighted by molar-refractivity contribution is 0.0788. The maximum atomic E-state index is 13.3. The molecule has 0 bridgehead atoms. The van der Waals surface area contributed by atoms with Crippen LogP contribution in [0.1, 0.15) is 28.8 Å². The van der Waals surface area contributed by atoms with E-state index in [1.165, 1.54) is 18.2 Å². The molecule has 0 aromatic heterocycles. The Kier molecular flexibility index (Phi) is 4.18. The first-order valence-corrected chi connectivity index (χ1v) is 6.26. The normalized spacial score (nSPS) is 13.6. The van der Waals surface area contributed by atoms with Gasteiger partial charge in [-0.2, -0.15) is 0 Å². The lowest BCUT2D eigenvalue weighted by Gasteiger charge is -2.17. The summed E-state index contributed by atoms with van der Waals surface area (Å²) in [5.74, 6) is 5.05. The second kappa shape index (κ2) is 5.85. The number of carbonyl (C=O) groups is 1. The third kappa shape index (κ3) is 3.55. The Bertz CT molecular complexity index is 541. The van der Waals surface area contributed by atoms with Gasteiger partial charge in [0, 0.05) is 19.2 Å². The highest BCUT2D eigenvalue weighted by molar-refractivity contribution is 5.96. The molecule has 1 aliphatic carbocycles. The predicted molar refractivity (Wildman–Crippen MR) is 70.0 cm³/mol. The first-order valence-electron chi connectivity index (χ1n) is 6.26. The SMILES string of the molecule is CN(CC1CC1)C(=O)c1cc(F)ccc1C#CCO. The van der Waals surface area contributed by atoms with Gasteiger partial charge < -0.3 is 10.0 Å². The average molecular weight is 261 g/mol. The van der Waals surface area contributed by atoms with Crippen molar-refractivity contribution in [3.05, 3.63) is 35.1 Å². The summed E-state index contributed by atoms with van der Waals surface area (Å²) < 4.78 is 13.3. The number of carbonyl (C=O) groups excluding carboxylic acids is 1. The van der Waals surface area contributed by atoms with Crippen LogP contribution >= 0.6 is 0 Å². The maximum absolute atomic E-state index is 13.3. The second-order valence-corrected chi connectivity index (χ2v) is 4.78. The molecule has 0 unspecified atom stereocenters. The summed E-state index contributed by atoms with van der Waals surface area (Å²) in [4.78, 5) is 13.9. The van der Waals surface area contributed by atoms with Crippen LogP contribution in [0.15, 0.2) is 18.2 Å². The Morgan fingerprint density at radius 2 is 2.26 bits per heavy atom. The molecule has 3 nitrogen and oxygen atoms in total. The molecule has 0 spiro atoms. The van der Waals surface area contributed by atoms with Crippen molar-refractivity contribution in [2.75, 3.05) is 20.2 Å². The summed E-state index contributed by atoms with van der Waals surface area (Å²) in [5, 5.41) is 8.71. The van der Waals surface area contributed by atoms with Gasteiger partial charge in [-0.3, -0.25) is 4.79 Å². The fraction of sp³-hybridized carbons (Fsp3) is 0.400. The van der Waals surface area contributed by atoms with Crippen LogP contribution in [0.25, 0.3) is 0 Å². The average Bonchev–Trinajstić information content (AvgIpc) is 3.20. The number of aliphatic hydroxyl groups excluding tert-OH is 1. The molecule has 19 heavy (non-hydrogen) atoms. The molecular formula is C15H16FNO2. The minimum absolute atomic E-state index is 0.228. The highest BCUT2D eigenvalue weighted by atomic mass is 19.1. The van der Waals surface area contributed by atoms with Crippen LogP contribution in [0.5, 0.6) is 0 Å². The van der Waals surface area contributed by atoms with E-state index in [1.54, 1.807) is 11.9 Å². The Balaban J connectivity index is 2.24. The lowest BCUT2D eigenvalue weighted by atomic mass is 10.1. The van der Waals surface area contributed by atoms with Gasteiger partial charge in [0.2, 0.25) is 0 Å². The van der Waals surface area contributed by atoms with Crippen LogP contribution in [-0.2, 0) is 0 Å². The summed E-state index contributed by atoms with van der Waals surface area (Å²) >= 11 is 0. The molecule has 1 aromatic carbocycles. The fourth-order valence-corrected chi connectivity index (χ4v) is 1.91. The third-order valence-corrected chi connectivity index (χ3v) is 3.09. The highest BCUT2D eigenvalue weighted by Crippen LogP contribution is 2.29. The molecule has 1 saturated carbocycles. The molecule has 100 valence electrons. The number of halogens is 1. The Labute approximate surface area is 112 Å². The van der Waals surface area contributed by atoms with Crippen molar-refractivity contribution in [3.63, 3.8) is 0 Å². The molecule has 1 aliphatic rings. The largest absolute Gasteiger partial charge is 0.384 e. The van der Waals surface area contributed by atoms with Crippen molar-refractivity contribution in [2.24, 2.45) is 5.92 Å². The van der Waals surface area contributed by atoms with E-state index in [9.17, 15) is 9.18 Å². The van der Waals surface area contributed by atoms with Gasteiger partial charge >= 0.3 is 0 Å². The molecule has 1 fully saturated rings. The van der Waals surface area contributed by atoms with Gasteiger partial charge in [-0.05, 0) is 37.0 Å². The Morgan fingerprint density at radius 3 is 2.89 bits per heavy atom. The molecule has 1 aromatic rings. The van der Waals surface area contributed by atoms with Crippen molar-refractivity contribution < 1.29 is 14.3 Å². The standard InChI is InChI=1S/C15H16FNO2/c1-17(10-11-4-5-11)15(19)14-9-13(16)7-6-12(14)3-2-8-18/h6-7,9,11,18H,4-5,8,10H2,1H3. The van der Waals surface area contributed by atoms with Gasteiger partial charge in [0.1, 0.15) is 12.4 Å². The van der Waals surface area contributed by atoms with Gasteiger partial charge in [-0.1, -0.05) is 11.8 Å². The number of rotatable bonds is 3. The molecule has 1 amide bonds. The number of hydrogen-bond donors (Lipinski definition) is 1. The molecule has 0 heterocycles. The monoisotopic (exact) mass is 261 g/mol. The fourth-order valence-electron chi connectivity index (χ4n) is 1.91. The first kappa shape index (κ1) is 13.6. The summed E-state index contributed by atoms with van der Waals surface area (Å²) in [6.07, 6.45) is 2.30. The van der Waals surface area contributed by atoms with Crippen molar-refractivity contribution >= 4 is 5.91 Å². The molecule has 0 atom stereocenters. The van der Waals surface area contributed by atoms with Crippen LogP contribution in [0.4, 0.5) is 4.39 Å². The van der Waals surface area contributed by atoms with E-state index < -0.39 is 5.82 Å². The highest BCUT2D eigenvalue weighted by Gasteiger charge is 2.26. The van der Waals surface area contributed by atoms with E-state index in [1.807, 2.05) is 0 Å². The topological polar surface area (TPSA) is 40.5 Å². The van der Waals surface area contributed by atoms with Gasteiger partial charge in [0.15, 0.2) is 0 Å². The van der Waals surface area contributed by atoms with E-state index in [-0.39, 0.29) is 18.1 Å². The molecule has 0 radical (unpaired) electrons. The minimum atomic E-state index is -0.460. The van der Waals surface area contributed by atoms with E-state index in [0.717, 1.165) is 12.8 Å². The molecule has 2 rings (SSSR count). The number of nitrogens with zero attached hydrogens (tertiary/aromatic N) is 1. The quantitative estimate of drug-likeness (QED) is 0.840. The Hall–Kier alpha value is -1.86. The summed E-state index contributed by atoms with van der Waals surface area (Å²) in [5.41, 5.74) is 0.701. The third-order valence-electron chi connectivity index (χ3n) is 3.09. The minimum Gasteiger partial charge on any atom is -0.384 e. The van der Waals surface area contributed by atoms with Gasteiger partial charge in [0.25, 0.3) is 5.91 Å². The number of benzene rings is 1. The number of aliphatic hydroxyl groups is 1. The van der Waals surface area contributed by atoms with Gasteiger partial charge in [0.05, 0.1) is 5.56 Å². The zero-order valence-electron chi connectivity index (χ0n) is 10.8.